The zero-order valence-electron chi connectivity index (χ0n) is 14.8. The monoisotopic (exact) mass is 411 g/mol. The second-order valence-electron chi connectivity index (χ2n) is 6.43. The van der Waals surface area contributed by atoms with E-state index in [4.69, 9.17) is 4.99 Å². The van der Waals surface area contributed by atoms with Crippen molar-refractivity contribution in [3.63, 3.8) is 0 Å². The molecule has 4 nitrogen and oxygen atoms in total. The molecule has 2 aromatic rings. The van der Waals surface area contributed by atoms with Gasteiger partial charge in [0.15, 0.2) is 0 Å². The van der Waals surface area contributed by atoms with Gasteiger partial charge in [-0.2, -0.15) is 0 Å². The molecule has 132 valence electrons. The van der Waals surface area contributed by atoms with Crippen molar-refractivity contribution in [2.45, 2.75) is 17.6 Å². The van der Waals surface area contributed by atoms with Gasteiger partial charge in [0.1, 0.15) is 0 Å². The van der Waals surface area contributed by atoms with Gasteiger partial charge in [0, 0.05) is 0 Å². The van der Waals surface area contributed by atoms with Gasteiger partial charge in [-0.15, -0.1) is 0 Å². The second kappa shape index (κ2) is 7.48. The van der Waals surface area contributed by atoms with E-state index < -0.39 is 0 Å². The third kappa shape index (κ3) is 3.46. The van der Waals surface area contributed by atoms with E-state index in [1.54, 1.807) is 4.90 Å². The molecule has 0 aliphatic carbocycles. The predicted octanol–water partition coefficient (Wildman–Crippen LogP) is 3.60. The van der Waals surface area contributed by atoms with E-state index in [1.807, 2.05) is 67.6 Å². The number of anilines is 1. The summed E-state index contributed by atoms with van der Waals surface area (Å²) < 4.78 is 0. The van der Waals surface area contributed by atoms with Gasteiger partial charge in [0.05, 0.1) is 0 Å². The quantitative estimate of drug-likeness (QED) is 0.560. The molecule has 1 fully saturated rings. The summed E-state index contributed by atoms with van der Waals surface area (Å²) in [6.45, 7) is 4.01. The number of hydrogen-bond donors (Lipinski definition) is 0. The first-order chi connectivity index (χ1) is 12.7. The molecule has 0 aromatic heterocycles. The molecule has 0 N–H and O–H groups in total. The fraction of sp³-hybridized carbons (Fsp3) is 0.238. The summed E-state index contributed by atoms with van der Waals surface area (Å²) in [6, 6.07) is 18.0. The van der Waals surface area contributed by atoms with Crippen LogP contribution in [0.15, 0.2) is 65.3 Å². The molecule has 2 aliphatic heterocycles. The van der Waals surface area contributed by atoms with Crippen molar-refractivity contribution in [3.8, 4) is 0 Å². The molecular formula is C21H21N3OSe. The summed E-state index contributed by atoms with van der Waals surface area (Å²) in [4.78, 5) is 22.0. The van der Waals surface area contributed by atoms with Gasteiger partial charge >= 0.3 is 160 Å². The van der Waals surface area contributed by atoms with E-state index in [-0.39, 0.29) is 5.91 Å². The molecule has 0 atom stereocenters. The van der Waals surface area contributed by atoms with Gasteiger partial charge in [-0.25, -0.2) is 0 Å². The van der Waals surface area contributed by atoms with Gasteiger partial charge in [-0.3, -0.25) is 0 Å². The number of aliphatic imine (C=N–C) groups is 1. The average Bonchev–Trinajstić information content (AvgIpc) is 3.00. The van der Waals surface area contributed by atoms with Crippen LogP contribution < -0.4 is 4.90 Å². The Hall–Kier alpha value is -2.36. The first kappa shape index (κ1) is 17.1. The molecule has 2 heterocycles. The van der Waals surface area contributed by atoms with Crippen molar-refractivity contribution in [1.29, 1.82) is 0 Å². The molecule has 0 unspecified atom stereocenters. The van der Waals surface area contributed by atoms with Crippen LogP contribution in [-0.2, 0) is 4.79 Å². The number of aryl methyl sites for hydroxylation is 1. The number of amides is 1. The normalized spacial score (nSPS) is 19.2. The molecule has 1 amide bonds. The first-order valence-electron chi connectivity index (χ1n) is 8.81. The van der Waals surface area contributed by atoms with Crippen LogP contribution in [0, 0.1) is 6.92 Å². The molecule has 1 saturated heterocycles. The van der Waals surface area contributed by atoms with Crippen molar-refractivity contribution in [2.24, 2.45) is 4.99 Å². The van der Waals surface area contributed by atoms with E-state index in [2.05, 4.69) is 4.90 Å². The molecule has 2 aromatic carbocycles. The van der Waals surface area contributed by atoms with Crippen LogP contribution in [0.5, 0.6) is 0 Å². The van der Waals surface area contributed by atoms with Crippen molar-refractivity contribution in [2.75, 3.05) is 18.0 Å². The maximum atomic E-state index is 13.2. The summed E-state index contributed by atoms with van der Waals surface area (Å²) in [5.41, 5.74) is 3.52. The van der Waals surface area contributed by atoms with Gasteiger partial charge < -0.3 is 0 Å². The Balaban J connectivity index is 1.75. The topological polar surface area (TPSA) is 35.9 Å². The Bertz CT molecular complexity index is 870. The van der Waals surface area contributed by atoms with Crippen molar-refractivity contribution >= 4 is 38.6 Å². The third-order valence-corrected chi connectivity index (χ3v) is 6.48. The molecule has 2 aliphatic rings. The number of carbonyl (C=O) groups is 1. The van der Waals surface area contributed by atoms with Crippen LogP contribution >= 0.6 is 0 Å². The minimum absolute atomic E-state index is 0.0504. The number of carbonyl (C=O) groups excluding carboxylic acids is 1. The molecule has 26 heavy (non-hydrogen) atoms. The summed E-state index contributed by atoms with van der Waals surface area (Å²) in [5, 5.41) is 2.42. The summed E-state index contributed by atoms with van der Waals surface area (Å²) in [7, 11) is 0. The second-order valence-corrected chi connectivity index (χ2v) is 9.00. The standard InChI is InChI=1S/C21H21N3OSe/c1-16-6-5-9-18(14-16)24-20(25)19(15-17-7-3-2-4-8-17)22-21(24)23-10-12-26-13-11-23/h2-9,14-15H,10-13H2,1H3/b19-15-. The number of guanidine groups is 1. The van der Waals surface area contributed by atoms with Gasteiger partial charge in [-0.1, -0.05) is 0 Å². The molecule has 5 heteroatoms. The molecule has 0 bridgehead atoms. The maximum absolute atomic E-state index is 13.2. The fourth-order valence-electron chi connectivity index (χ4n) is 3.19. The van der Waals surface area contributed by atoms with Gasteiger partial charge in [0.2, 0.25) is 0 Å². The molecule has 0 radical (unpaired) electrons. The van der Waals surface area contributed by atoms with E-state index in [0.717, 1.165) is 50.8 Å². The van der Waals surface area contributed by atoms with Crippen molar-refractivity contribution in [3.05, 3.63) is 71.4 Å². The number of rotatable bonds is 2. The number of nitrogens with zero attached hydrogens (tertiary/aromatic N) is 3. The Morgan fingerprint density at radius 2 is 1.81 bits per heavy atom. The van der Waals surface area contributed by atoms with Crippen LogP contribution in [0.1, 0.15) is 11.1 Å². The van der Waals surface area contributed by atoms with Gasteiger partial charge in [-0.05, 0) is 0 Å². The van der Waals surface area contributed by atoms with E-state index in [0.29, 0.717) is 5.70 Å². The minimum atomic E-state index is -0.0504. The zero-order chi connectivity index (χ0) is 17.9. The van der Waals surface area contributed by atoms with Crippen LogP contribution in [0.2, 0.25) is 10.6 Å². The summed E-state index contributed by atoms with van der Waals surface area (Å²) in [5.74, 6) is 0.726. The molecule has 4 rings (SSSR count). The van der Waals surface area contributed by atoms with E-state index in [1.165, 1.54) is 10.6 Å². The van der Waals surface area contributed by atoms with Crippen LogP contribution in [0.25, 0.3) is 6.08 Å². The Labute approximate surface area is 160 Å². The third-order valence-electron chi connectivity index (χ3n) is 4.50. The SMILES string of the molecule is Cc1cccc(N2C(=O)/C(=C/c3ccccc3)N=C2N2CC[Se]CC2)c1. The summed E-state index contributed by atoms with van der Waals surface area (Å²) >= 11 is 0.719. The fourth-order valence-corrected chi connectivity index (χ4v) is 5.08. The van der Waals surface area contributed by atoms with E-state index >= 15 is 0 Å². The average molecular weight is 410 g/mol. The molecular weight excluding hydrogens is 389 g/mol. The van der Waals surface area contributed by atoms with Crippen LogP contribution in [0.4, 0.5) is 5.69 Å². The van der Waals surface area contributed by atoms with E-state index in [9.17, 15) is 4.79 Å². The Kier molecular flexibility index (Phi) is 4.91. The van der Waals surface area contributed by atoms with Crippen molar-refractivity contribution in [1.82, 2.24) is 4.90 Å². The first-order valence-corrected chi connectivity index (χ1v) is 11.2. The Morgan fingerprint density at radius 1 is 1.04 bits per heavy atom. The van der Waals surface area contributed by atoms with Crippen molar-refractivity contribution < 1.29 is 4.79 Å². The van der Waals surface area contributed by atoms with Crippen LogP contribution in [-0.4, -0.2) is 44.8 Å². The zero-order valence-corrected chi connectivity index (χ0v) is 16.5. The number of hydrogen-bond acceptors (Lipinski definition) is 3. The molecule has 0 saturated carbocycles. The predicted molar refractivity (Wildman–Crippen MR) is 107 cm³/mol. The summed E-state index contributed by atoms with van der Waals surface area (Å²) in [6.07, 6.45) is 1.88. The Morgan fingerprint density at radius 3 is 2.54 bits per heavy atom. The van der Waals surface area contributed by atoms with Gasteiger partial charge in [0.25, 0.3) is 0 Å². The number of benzene rings is 2. The molecule has 0 spiro atoms. The van der Waals surface area contributed by atoms with Crippen LogP contribution in [0.3, 0.4) is 0 Å².